The summed E-state index contributed by atoms with van der Waals surface area (Å²) in [6.07, 6.45) is -50.6. The lowest BCUT2D eigenvalue weighted by molar-refractivity contribution is -0.399. The van der Waals surface area contributed by atoms with Crippen LogP contribution in [0, 0.1) is 29.6 Å². The van der Waals surface area contributed by atoms with Gasteiger partial charge in [-0.05, 0) is 90.4 Å². The van der Waals surface area contributed by atoms with Crippen molar-refractivity contribution in [3.8, 4) is 0 Å². The summed E-state index contributed by atoms with van der Waals surface area (Å²) in [7, 11) is 0. The Morgan fingerprint density at radius 3 is 1.38 bits per heavy atom. The van der Waals surface area contributed by atoms with Crippen molar-refractivity contribution in [3.63, 3.8) is 0 Å². The Labute approximate surface area is 320 Å². The Morgan fingerprint density at radius 2 is 1.00 bits per heavy atom. The van der Waals surface area contributed by atoms with E-state index in [2.05, 4.69) is 9.47 Å². The second-order valence-corrected chi connectivity index (χ2v) is 15.5. The lowest BCUT2D eigenvalue weighted by Gasteiger charge is -2.47. The molecule has 58 heavy (non-hydrogen) atoms. The summed E-state index contributed by atoms with van der Waals surface area (Å²) in [5, 5.41) is 9.64. The van der Waals surface area contributed by atoms with Crippen molar-refractivity contribution in [2.24, 2.45) is 29.6 Å². The predicted molar refractivity (Wildman–Crippen MR) is 163 cm³/mol. The zero-order valence-corrected chi connectivity index (χ0v) is 31.3. The highest BCUT2D eigenvalue weighted by molar-refractivity contribution is 5.73. The van der Waals surface area contributed by atoms with Crippen molar-refractivity contribution in [2.45, 2.75) is 171 Å². The minimum absolute atomic E-state index is 0.00413. The van der Waals surface area contributed by atoms with Crippen molar-refractivity contribution in [3.05, 3.63) is 0 Å². The van der Waals surface area contributed by atoms with Crippen LogP contribution in [0.5, 0.6) is 0 Å². The maximum Gasteiger partial charge on any atom is 0.437 e. The molecule has 2 rings (SSSR count). The lowest BCUT2D eigenvalue weighted by atomic mass is 9.67. The fourth-order valence-electron chi connectivity index (χ4n) is 7.75. The molecular weight excluding hydrogens is 846 g/mol. The second kappa shape index (κ2) is 17.9. The molecule has 2 saturated carbocycles. The van der Waals surface area contributed by atoms with E-state index in [0.717, 1.165) is 0 Å². The van der Waals surface area contributed by atoms with Gasteiger partial charge < -0.3 is 19.3 Å². The number of ether oxygens (including phenoxy) is 3. The fourth-order valence-corrected chi connectivity index (χ4v) is 7.75. The van der Waals surface area contributed by atoms with Gasteiger partial charge in [-0.25, -0.2) is 0 Å². The first-order chi connectivity index (χ1) is 25.9. The van der Waals surface area contributed by atoms with Crippen molar-refractivity contribution >= 4 is 11.9 Å². The Morgan fingerprint density at radius 1 is 0.586 bits per heavy atom. The van der Waals surface area contributed by atoms with Crippen LogP contribution in [-0.2, 0) is 23.8 Å². The van der Waals surface area contributed by atoms with Gasteiger partial charge in [0.25, 0.3) is 5.60 Å². The van der Waals surface area contributed by atoms with E-state index in [1.165, 1.54) is 27.7 Å². The molecule has 2 fully saturated rings. The molecule has 2 atom stereocenters. The van der Waals surface area contributed by atoms with Crippen molar-refractivity contribution < 1.29 is 108 Å². The molecule has 0 aliphatic heterocycles. The molecule has 342 valence electrons. The molecule has 2 unspecified atom stereocenters. The van der Waals surface area contributed by atoms with Crippen molar-refractivity contribution in [2.75, 3.05) is 0 Å². The molecule has 0 radical (unpaired) electrons. The summed E-state index contributed by atoms with van der Waals surface area (Å²) < 4.78 is 258. The third-order valence-electron chi connectivity index (χ3n) is 11.2. The summed E-state index contributed by atoms with van der Waals surface area (Å²) in [5.41, 5.74) is -12.1. The lowest BCUT2D eigenvalue weighted by Crippen LogP contribution is -2.66. The Balaban J connectivity index is 2.09. The van der Waals surface area contributed by atoms with Crippen LogP contribution in [-0.4, -0.2) is 83.1 Å². The molecule has 0 spiro atoms. The van der Waals surface area contributed by atoms with Gasteiger partial charge in [-0.1, -0.05) is 20.3 Å². The Kier molecular flexibility index (Phi) is 16.0. The number of esters is 2. The normalized spacial score (nSPS) is 23.7. The minimum Gasteiger partial charge on any atom is -0.459 e. The molecule has 0 saturated heterocycles. The van der Waals surface area contributed by atoms with Gasteiger partial charge in [0.2, 0.25) is 6.10 Å². The highest BCUT2D eigenvalue weighted by atomic mass is 19.4. The quantitative estimate of drug-likeness (QED) is 0.138. The van der Waals surface area contributed by atoms with E-state index in [4.69, 9.17) is 4.74 Å². The average molecular weight is 891 g/mol. The van der Waals surface area contributed by atoms with Gasteiger partial charge in [0.05, 0.1) is 17.9 Å². The zero-order valence-electron chi connectivity index (χ0n) is 31.3. The molecule has 0 heterocycles. The second-order valence-electron chi connectivity index (χ2n) is 15.5. The maximum absolute atomic E-state index is 14.4. The summed E-state index contributed by atoms with van der Waals surface area (Å²) in [5.74, 6) is -11.9. The number of hydrogen-bond acceptors (Lipinski definition) is 6. The van der Waals surface area contributed by atoms with E-state index in [9.17, 15) is 93.7 Å². The van der Waals surface area contributed by atoms with E-state index in [1.807, 2.05) is 0 Å². The Bertz CT molecular complexity index is 1310. The number of hydrogen-bond donors (Lipinski definition) is 1. The van der Waals surface area contributed by atoms with Gasteiger partial charge in [-0.3, -0.25) is 9.59 Å². The molecule has 0 aromatic heterocycles. The number of carbonyl (C=O) groups is 2. The van der Waals surface area contributed by atoms with Crippen molar-refractivity contribution in [1.29, 1.82) is 0 Å². The summed E-state index contributed by atoms with van der Waals surface area (Å²) in [6.45, 7) is 5.40. The number of aliphatic hydroxyl groups is 1. The van der Waals surface area contributed by atoms with Crippen LogP contribution >= 0.6 is 0 Å². The first-order valence-electron chi connectivity index (χ1n) is 18.1. The molecule has 0 aromatic rings. The summed E-state index contributed by atoms with van der Waals surface area (Å²) >= 11 is 0. The first-order valence-corrected chi connectivity index (χ1v) is 18.1. The van der Waals surface area contributed by atoms with Crippen LogP contribution < -0.4 is 0 Å². The van der Waals surface area contributed by atoms with Gasteiger partial charge >= 0.3 is 54.6 Å². The standard InChI is InChI=1S/C34H44F18O6/c1-5-18(8-6-7-17(2)23(53)57-26(3,4)19-13-15-22(16-14-19)56-25(29(35,36)37)30(38,39)40)24(54)58-28(33(47,48)49,34(50,51)52)21-11-9-20(10-12-21)27(55,31(41,42)43)32(44,45)46/h17-22,25,55H,5-16H2,1-4H3. The zero-order chi connectivity index (χ0) is 45.3. The number of rotatable bonds is 14. The minimum atomic E-state index is -6.47. The molecule has 2 aliphatic carbocycles. The summed E-state index contributed by atoms with van der Waals surface area (Å²) in [4.78, 5) is 25.9. The molecule has 0 amide bonds. The van der Waals surface area contributed by atoms with Crippen LogP contribution in [0.25, 0.3) is 0 Å². The molecule has 0 bridgehead atoms. The van der Waals surface area contributed by atoms with Crippen LogP contribution in [0.2, 0.25) is 0 Å². The van der Waals surface area contributed by atoms with Crippen LogP contribution in [0.4, 0.5) is 79.0 Å². The number of carbonyl (C=O) groups excluding carboxylic acids is 2. The molecule has 2 aliphatic rings. The smallest absolute Gasteiger partial charge is 0.437 e. The Hall–Kier alpha value is -2.40. The van der Waals surface area contributed by atoms with E-state index in [1.54, 1.807) is 0 Å². The largest absolute Gasteiger partial charge is 0.459 e. The topological polar surface area (TPSA) is 82.1 Å². The average Bonchev–Trinajstić information content (AvgIpc) is 3.04. The highest BCUT2D eigenvalue weighted by Crippen LogP contribution is 2.58. The first kappa shape index (κ1) is 51.7. The fraction of sp³-hybridized carbons (Fsp3) is 0.941. The van der Waals surface area contributed by atoms with Gasteiger partial charge in [-0.15, -0.1) is 0 Å². The molecular formula is C34H44F18O6. The number of alkyl halides is 18. The van der Waals surface area contributed by atoms with Gasteiger partial charge in [0.1, 0.15) is 5.60 Å². The van der Waals surface area contributed by atoms with E-state index < -0.39 is 146 Å². The van der Waals surface area contributed by atoms with E-state index in [0.29, 0.717) is 0 Å². The highest BCUT2D eigenvalue weighted by Gasteiger charge is 2.79. The van der Waals surface area contributed by atoms with Crippen LogP contribution in [0.15, 0.2) is 0 Å². The van der Waals surface area contributed by atoms with Crippen molar-refractivity contribution in [1.82, 2.24) is 0 Å². The monoisotopic (exact) mass is 890 g/mol. The van der Waals surface area contributed by atoms with Gasteiger partial charge in [-0.2, -0.15) is 79.0 Å². The van der Waals surface area contributed by atoms with Crippen LogP contribution in [0.3, 0.4) is 0 Å². The van der Waals surface area contributed by atoms with Gasteiger partial charge in [0.15, 0.2) is 0 Å². The molecule has 6 nitrogen and oxygen atoms in total. The summed E-state index contributed by atoms with van der Waals surface area (Å²) in [6, 6.07) is 0. The number of halogens is 18. The third kappa shape index (κ3) is 11.5. The van der Waals surface area contributed by atoms with E-state index in [-0.39, 0.29) is 38.5 Å². The third-order valence-corrected chi connectivity index (χ3v) is 11.2. The van der Waals surface area contributed by atoms with Gasteiger partial charge in [0, 0.05) is 11.8 Å². The maximum atomic E-state index is 14.4. The van der Waals surface area contributed by atoms with Crippen LogP contribution in [0.1, 0.15) is 105 Å². The molecule has 0 aromatic carbocycles. The predicted octanol–water partition coefficient (Wildman–Crippen LogP) is 11.3. The molecule has 1 N–H and O–H groups in total. The molecule has 24 heteroatoms. The SMILES string of the molecule is CCC(CCCC(C)C(=O)OC(C)(C)C1CCC(OC(C(F)(F)F)C(F)(F)F)CC1)C(=O)OC(C1CCC(C(O)(C(F)(F)F)C(F)(F)F)CC1)(C(F)(F)F)C(F)(F)F. The van der Waals surface area contributed by atoms with E-state index >= 15 is 0 Å².